The third-order valence-electron chi connectivity index (χ3n) is 6.89. The van der Waals surface area contributed by atoms with Gasteiger partial charge in [0.2, 0.25) is 0 Å². The molecular weight excluding hydrogens is 414 g/mol. The van der Waals surface area contributed by atoms with Gasteiger partial charge >= 0.3 is 5.97 Å². The maximum atomic E-state index is 11.8. The number of anilines is 1. The number of carboxylic acid groups (broad SMARTS) is 1. The van der Waals surface area contributed by atoms with E-state index in [0.717, 1.165) is 35.4 Å². The highest BCUT2D eigenvalue weighted by Gasteiger charge is 2.24. The molecule has 172 valence electrons. The van der Waals surface area contributed by atoms with Crippen LogP contribution in [0.2, 0.25) is 0 Å². The highest BCUT2D eigenvalue weighted by molar-refractivity contribution is 5.95. The Balaban J connectivity index is 1.60. The zero-order valence-corrected chi connectivity index (χ0v) is 18.9. The minimum Gasteiger partial charge on any atom is -0.507 e. The molecule has 5 nitrogen and oxygen atoms in total. The first kappa shape index (κ1) is 22.9. The molecule has 1 aliphatic rings. The number of hydrogen-bond acceptors (Lipinski definition) is 4. The van der Waals surface area contributed by atoms with Crippen molar-refractivity contribution in [2.45, 2.75) is 51.2 Å². The molecule has 33 heavy (non-hydrogen) atoms. The van der Waals surface area contributed by atoms with Crippen molar-refractivity contribution >= 4 is 11.7 Å². The Kier molecular flexibility index (Phi) is 6.99. The van der Waals surface area contributed by atoms with Crippen LogP contribution in [0.15, 0.2) is 66.7 Å². The Morgan fingerprint density at radius 3 is 2.36 bits per heavy atom. The molecule has 1 aliphatic carbocycles. The van der Waals surface area contributed by atoms with E-state index in [1.165, 1.54) is 25.3 Å². The zero-order chi connectivity index (χ0) is 23.4. The van der Waals surface area contributed by atoms with Crippen LogP contribution in [0.1, 0.15) is 72.7 Å². The summed E-state index contributed by atoms with van der Waals surface area (Å²) in [4.78, 5) is 11.8. The van der Waals surface area contributed by atoms with Crippen molar-refractivity contribution in [3.05, 3.63) is 83.4 Å². The fourth-order valence-electron chi connectivity index (χ4n) is 4.84. The van der Waals surface area contributed by atoms with Gasteiger partial charge in [-0.3, -0.25) is 0 Å². The third kappa shape index (κ3) is 5.20. The van der Waals surface area contributed by atoms with Crippen molar-refractivity contribution in [1.82, 2.24) is 0 Å². The number of aliphatic hydroxyl groups is 1. The standard InChI is InChI=1S/C28H31NO4/c1-2-18-8-10-20(11-9-18)21-13-15-26(30)24(16-21)27(31)29-25-17-22(12-14-23(25)28(32)33)19-6-4-3-5-7-19/h3-7,12-18,20,27,29-31H,2,8-11H2,1H3,(H,32,33). The summed E-state index contributed by atoms with van der Waals surface area (Å²) in [6, 6.07) is 20.0. The third-order valence-corrected chi connectivity index (χ3v) is 6.89. The molecule has 4 rings (SSSR count). The molecule has 0 radical (unpaired) electrons. The van der Waals surface area contributed by atoms with E-state index in [9.17, 15) is 20.1 Å². The fourth-order valence-corrected chi connectivity index (χ4v) is 4.84. The van der Waals surface area contributed by atoms with Crippen LogP contribution in [0, 0.1) is 5.92 Å². The molecule has 1 atom stereocenters. The quantitative estimate of drug-likeness (QED) is 0.310. The van der Waals surface area contributed by atoms with Gasteiger partial charge in [0.15, 0.2) is 6.23 Å². The lowest BCUT2D eigenvalue weighted by molar-refractivity contribution is 0.0697. The van der Waals surface area contributed by atoms with Crippen molar-refractivity contribution in [2.75, 3.05) is 5.32 Å². The van der Waals surface area contributed by atoms with Gasteiger partial charge in [-0.05, 0) is 78.5 Å². The molecule has 0 heterocycles. The number of carboxylic acids is 1. The number of aromatic hydroxyl groups is 1. The Bertz CT molecular complexity index is 1100. The molecule has 3 aromatic rings. The van der Waals surface area contributed by atoms with Crippen molar-refractivity contribution in [3.63, 3.8) is 0 Å². The van der Waals surface area contributed by atoms with Crippen LogP contribution in [0.5, 0.6) is 5.75 Å². The van der Waals surface area contributed by atoms with Gasteiger partial charge in [-0.15, -0.1) is 0 Å². The molecule has 4 N–H and O–H groups in total. The largest absolute Gasteiger partial charge is 0.507 e. The van der Waals surface area contributed by atoms with Crippen LogP contribution in [0.25, 0.3) is 11.1 Å². The lowest BCUT2D eigenvalue weighted by Gasteiger charge is -2.28. The summed E-state index contributed by atoms with van der Waals surface area (Å²) >= 11 is 0. The second-order valence-electron chi connectivity index (χ2n) is 8.92. The zero-order valence-electron chi connectivity index (χ0n) is 18.9. The number of benzene rings is 3. The van der Waals surface area contributed by atoms with Crippen LogP contribution < -0.4 is 5.32 Å². The van der Waals surface area contributed by atoms with Crippen LogP contribution in [0.4, 0.5) is 5.69 Å². The van der Waals surface area contributed by atoms with Gasteiger partial charge in [0, 0.05) is 5.56 Å². The minimum atomic E-state index is -1.25. The monoisotopic (exact) mass is 445 g/mol. The maximum Gasteiger partial charge on any atom is 0.337 e. The van der Waals surface area contributed by atoms with Crippen molar-refractivity contribution in [3.8, 4) is 16.9 Å². The van der Waals surface area contributed by atoms with E-state index >= 15 is 0 Å². The first-order chi connectivity index (χ1) is 16.0. The molecule has 0 spiro atoms. The van der Waals surface area contributed by atoms with Crippen molar-refractivity contribution in [2.24, 2.45) is 5.92 Å². The summed E-state index contributed by atoms with van der Waals surface area (Å²) in [5.41, 5.74) is 3.59. The number of hydrogen-bond donors (Lipinski definition) is 4. The van der Waals surface area contributed by atoms with Crippen LogP contribution in [-0.4, -0.2) is 21.3 Å². The number of carbonyl (C=O) groups is 1. The number of phenolic OH excluding ortho intramolecular Hbond substituents is 1. The van der Waals surface area contributed by atoms with Crippen LogP contribution >= 0.6 is 0 Å². The van der Waals surface area contributed by atoms with Gasteiger partial charge in [0.05, 0.1) is 11.3 Å². The Labute approximate surface area is 194 Å². The number of nitrogens with one attached hydrogen (secondary N) is 1. The molecule has 5 heteroatoms. The predicted molar refractivity (Wildman–Crippen MR) is 131 cm³/mol. The Morgan fingerprint density at radius 1 is 0.970 bits per heavy atom. The number of rotatable bonds is 7. The minimum absolute atomic E-state index is 0.0166. The number of aliphatic hydroxyl groups excluding tert-OH is 1. The maximum absolute atomic E-state index is 11.8. The number of aromatic carboxylic acids is 1. The molecule has 0 aromatic heterocycles. The average Bonchev–Trinajstić information content (AvgIpc) is 2.84. The Morgan fingerprint density at radius 2 is 1.70 bits per heavy atom. The summed E-state index contributed by atoms with van der Waals surface area (Å²) in [7, 11) is 0. The van der Waals surface area contributed by atoms with Crippen molar-refractivity contribution < 1.29 is 20.1 Å². The van der Waals surface area contributed by atoms with E-state index in [2.05, 4.69) is 12.2 Å². The van der Waals surface area contributed by atoms with E-state index in [1.54, 1.807) is 18.2 Å². The first-order valence-electron chi connectivity index (χ1n) is 11.7. The molecule has 1 unspecified atom stereocenters. The summed E-state index contributed by atoms with van der Waals surface area (Å²) < 4.78 is 0. The number of phenols is 1. The molecule has 0 bridgehead atoms. The lowest BCUT2D eigenvalue weighted by atomic mass is 9.77. The summed E-state index contributed by atoms with van der Waals surface area (Å²) in [6.07, 6.45) is 4.58. The van der Waals surface area contributed by atoms with E-state index in [1.807, 2.05) is 42.5 Å². The molecule has 0 saturated heterocycles. The molecule has 1 saturated carbocycles. The fraction of sp³-hybridized carbons (Fsp3) is 0.321. The van der Waals surface area contributed by atoms with Gasteiger partial charge < -0.3 is 20.6 Å². The average molecular weight is 446 g/mol. The van der Waals surface area contributed by atoms with Crippen LogP contribution in [0.3, 0.4) is 0 Å². The smallest absolute Gasteiger partial charge is 0.337 e. The van der Waals surface area contributed by atoms with E-state index in [4.69, 9.17) is 0 Å². The molecule has 0 amide bonds. The summed E-state index contributed by atoms with van der Waals surface area (Å²) in [5, 5.41) is 34.0. The topological polar surface area (TPSA) is 89.8 Å². The normalized spacial score (nSPS) is 19.1. The predicted octanol–water partition coefficient (Wildman–Crippen LogP) is 6.54. The Hall–Kier alpha value is -3.31. The lowest BCUT2D eigenvalue weighted by Crippen LogP contribution is -2.15. The van der Waals surface area contributed by atoms with E-state index in [-0.39, 0.29) is 11.3 Å². The second-order valence-corrected chi connectivity index (χ2v) is 8.92. The molecule has 3 aromatic carbocycles. The van der Waals surface area contributed by atoms with Gasteiger partial charge in [-0.1, -0.05) is 55.8 Å². The van der Waals surface area contributed by atoms with Gasteiger partial charge in [0.1, 0.15) is 5.75 Å². The first-order valence-corrected chi connectivity index (χ1v) is 11.7. The molecule has 1 fully saturated rings. The molecule has 0 aliphatic heterocycles. The van der Waals surface area contributed by atoms with E-state index in [0.29, 0.717) is 17.2 Å². The van der Waals surface area contributed by atoms with Gasteiger partial charge in [-0.2, -0.15) is 0 Å². The van der Waals surface area contributed by atoms with Gasteiger partial charge in [0.25, 0.3) is 0 Å². The summed E-state index contributed by atoms with van der Waals surface area (Å²) in [6.45, 7) is 2.24. The van der Waals surface area contributed by atoms with Gasteiger partial charge in [-0.25, -0.2) is 4.79 Å². The summed E-state index contributed by atoms with van der Waals surface area (Å²) in [5.74, 6) is 0.0961. The molecular formula is C28H31NO4. The van der Waals surface area contributed by atoms with E-state index < -0.39 is 12.2 Å². The highest BCUT2D eigenvalue weighted by atomic mass is 16.4. The second kappa shape index (κ2) is 10.1. The SMILES string of the molecule is CCC1CCC(c2ccc(O)c(C(O)Nc3cc(-c4ccccc4)ccc3C(=O)O)c2)CC1. The highest BCUT2D eigenvalue weighted by Crippen LogP contribution is 2.39. The van der Waals surface area contributed by atoms with Crippen molar-refractivity contribution in [1.29, 1.82) is 0 Å². The van der Waals surface area contributed by atoms with Crippen LogP contribution in [-0.2, 0) is 0 Å².